The fourth-order valence-electron chi connectivity index (χ4n) is 3.18. The van der Waals surface area contributed by atoms with Crippen LogP contribution in [0.4, 0.5) is 5.82 Å². The molecule has 0 bridgehead atoms. The van der Waals surface area contributed by atoms with Crippen molar-refractivity contribution in [3.63, 3.8) is 0 Å². The predicted octanol–water partition coefficient (Wildman–Crippen LogP) is 2.44. The van der Waals surface area contributed by atoms with Crippen LogP contribution in [0.2, 0.25) is 0 Å². The Morgan fingerprint density at radius 1 is 1.07 bits per heavy atom. The summed E-state index contributed by atoms with van der Waals surface area (Å²) in [5.41, 5.74) is 2.51. The number of rotatable bonds is 4. The molecule has 1 N–H and O–H groups in total. The van der Waals surface area contributed by atoms with Crippen molar-refractivity contribution in [3.05, 3.63) is 60.4 Å². The van der Waals surface area contributed by atoms with Crippen molar-refractivity contribution in [1.29, 1.82) is 0 Å². The van der Waals surface area contributed by atoms with Gasteiger partial charge in [0.15, 0.2) is 5.82 Å². The number of methoxy groups -OCH3 is 1. The summed E-state index contributed by atoms with van der Waals surface area (Å²) in [6, 6.07) is 15.3. The van der Waals surface area contributed by atoms with E-state index in [0.29, 0.717) is 18.8 Å². The number of hydrogen-bond acceptors (Lipinski definition) is 5. The SMILES string of the molecule is COc1ccc(-c2cc(N3CCN(C(=O)c4ccccn4)CC3)n[nH]2)cc1. The number of nitrogens with zero attached hydrogens (tertiary/aromatic N) is 4. The number of ether oxygens (including phenoxy) is 1. The second-order valence-electron chi connectivity index (χ2n) is 6.36. The lowest BCUT2D eigenvalue weighted by Gasteiger charge is -2.34. The number of piperazine rings is 1. The minimum atomic E-state index is -0.0174. The summed E-state index contributed by atoms with van der Waals surface area (Å²) >= 11 is 0. The molecule has 0 aliphatic carbocycles. The number of hydrogen-bond donors (Lipinski definition) is 1. The van der Waals surface area contributed by atoms with Gasteiger partial charge in [-0.3, -0.25) is 14.9 Å². The number of H-pyrrole nitrogens is 1. The van der Waals surface area contributed by atoms with Crippen LogP contribution in [0.3, 0.4) is 0 Å². The maximum atomic E-state index is 12.5. The number of aromatic amines is 1. The largest absolute Gasteiger partial charge is 0.497 e. The van der Waals surface area contributed by atoms with Gasteiger partial charge in [-0.25, -0.2) is 0 Å². The van der Waals surface area contributed by atoms with Crippen LogP contribution in [0.5, 0.6) is 5.75 Å². The van der Waals surface area contributed by atoms with Crippen LogP contribution in [-0.4, -0.2) is 59.3 Å². The molecule has 0 radical (unpaired) electrons. The summed E-state index contributed by atoms with van der Waals surface area (Å²) in [4.78, 5) is 20.7. The van der Waals surface area contributed by atoms with E-state index in [0.717, 1.165) is 35.9 Å². The number of aromatic nitrogens is 3. The van der Waals surface area contributed by atoms with Crippen LogP contribution in [0.25, 0.3) is 11.3 Å². The van der Waals surface area contributed by atoms with Gasteiger partial charge in [-0.2, -0.15) is 5.10 Å². The lowest BCUT2D eigenvalue weighted by atomic mass is 10.1. The van der Waals surface area contributed by atoms with Gasteiger partial charge in [-0.05, 0) is 42.0 Å². The third-order valence-corrected chi connectivity index (χ3v) is 4.74. The highest BCUT2D eigenvalue weighted by molar-refractivity contribution is 5.92. The molecular weight excluding hydrogens is 342 g/mol. The van der Waals surface area contributed by atoms with Gasteiger partial charge in [0, 0.05) is 38.4 Å². The van der Waals surface area contributed by atoms with Crippen molar-refractivity contribution in [2.75, 3.05) is 38.2 Å². The van der Waals surface area contributed by atoms with Crippen LogP contribution in [0.15, 0.2) is 54.7 Å². The fourth-order valence-corrected chi connectivity index (χ4v) is 3.18. The summed E-state index contributed by atoms with van der Waals surface area (Å²) in [7, 11) is 1.65. The van der Waals surface area contributed by atoms with E-state index in [1.165, 1.54) is 0 Å². The van der Waals surface area contributed by atoms with E-state index in [1.807, 2.05) is 47.4 Å². The molecule has 0 atom stereocenters. The smallest absolute Gasteiger partial charge is 0.272 e. The fraction of sp³-hybridized carbons (Fsp3) is 0.250. The minimum absolute atomic E-state index is 0.0174. The normalized spacial score (nSPS) is 14.3. The molecule has 3 heterocycles. The Balaban J connectivity index is 1.40. The highest BCUT2D eigenvalue weighted by Gasteiger charge is 2.24. The summed E-state index contributed by atoms with van der Waals surface area (Å²) in [6.07, 6.45) is 1.65. The molecule has 1 aliphatic heterocycles. The second-order valence-corrected chi connectivity index (χ2v) is 6.36. The second kappa shape index (κ2) is 7.49. The predicted molar refractivity (Wildman–Crippen MR) is 103 cm³/mol. The maximum absolute atomic E-state index is 12.5. The van der Waals surface area contributed by atoms with Gasteiger partial charge in [0.2, 0.25) is 0 Å². The average molecular weight is 363 g/mol. The van der Waals surface area contributed by atoms with Crippen molar-refractivity contribution in [2.24, 2.45) is 0 Å². The summed E-state index contributed by atoms with van der Waals surface area (Å²) < 4.78 is 5.20. The van der Waals surface area contributed by atoms with E-state index in [9.17, 15) is 4.79 Å². The summed E-state index contributed by atoms with van der Waals surface area (Å²) in [5.74, 6) is 1.70. The summed E-state index contributed by atoms with van der Waals surface area (Å²) in [6.45, 7) is 2.79. The molecule has 3 aromatic rings. The van der Waals surface area contributed by atoms with Gasteiger partial charge in [0.1, 0.15) is 11.4 Å². The highest BCUT2D eigenvalue weighted by atomic mass is 16.5. The first-order valence-corrected chi connectivity index (χ1v) is 8.90. The van der Waals surface area contributed by atoms with Crippen LogP contribution >= 0.6 is 0 Å². The average Bonchev–Trinajstić information content (AvgIpc) is 3.24. The molecule has 2 aromatic heterocycles. The molecule has 1 aromatic carbocycles. The Morgan fingerprint density at radius 2 is 1.85 bits per heavy atom. The number of carbonyl (C=O) groups excluding carboxylic acids is 1. The Hall–Kier alpha value is -3.35. The lowest BCUT2D eigenvalue weighted by Crippen LogP contribution is -2.49. The molecule has 0 unspecified atom stereocenters. The maximum Gasteiger partial charge on any atom is 0.272 e. The third-order valence-electron chi connectivity index (χ3n) is 4.74. The zero-order valence-electron chi connectivity index (χ0n) is 15.1. The minimum Gasteiger partial charge on any atom is -0.497 e. The quantitative estimate of drug-likeness (QED) is 0.771. The molecule has 7 heteroatoms. The van der Waals surface area contributed by atoms with Crippen LogP contribution < -0.4 is 9.64 Å². The number of anilines is 1. The molecule has 0 saturated carbocycles. The van der Waals surface area contributed by atoms with E-state index < -0.39 is 0 Å². The zero-order valence-corrected chi connectivity index (χ0v) is 15.1. The van der Waals surface area contributed by atoms with Gasteiger partial charge < -0.3 is 14.5 Å². The topological polar surface area (TPSA) is 74.3 Å². The van der Waals surface area contributed by atoms with Gasteiger partial charge in [-0.1, -0.05) is 6.07 Å². The standard InChI is InChI=1S/C20H21N5O2/c1-27-16-7-5-15(6-8-16)18-14-19(23-22-18)24-10-12-25(13-11-24)20(26)17-4-2-3-9-21-17/h2-9,14H,10-13H2,1H3,(H,22,23). The monoisotopic (exact) mass is 363 g/mol. The zero-order chi connectivity index (χ0) is 18.6. The summed E-state index contributed by atoms with van der Waals surface area (Å²) in [5, 5.41) is 7.53. The van der Waals surface area contributed by atoms with Crippen molar-refractivity contribution < 1.29 is 9.53 Å². The van der Waals surface area contributed by atoms with E-state index in [1.54, 1.807) is 19.4 Å². The molecule has 1 saturated heterocycles. The molecular formula is C20H21N5O2. The van der Waals surface area contributed by atoms with Crippen molar-refractivity contribution in [3.8, 4) is 17.0 Å². The van der Waals surface area contributed by atoms with Crippen molar-refractivity contribution >= 4 is 11.7 Å². The van der Waals surface area contributed by atoms with Crippen LogP contribution in [0.1, 0.15) is 10.5 Å². The van der Waals surface area contributed by atoms with Crippen molar-refractivity contribution in [1.82, 2.24) is 20.1 Å². The molecule has 1 amide bonds. The van der Waals surface area contributed by atoms with Crippen LogP contribution in [-0.2, 0) is 0 Å². The highest BCUT2D eigenvalue weighted by Crippen LogP contribution is 2.24. The lowest BCUT2D eigenvalue weighted by molar-refractivity contribution is 0.0740. The number of amides is 1. The molecule has 138 valence electrons. The first-order valence-electron chi connectivity index (χ1n) is 8.90. The molecule has 1 fully saturated rings. The Bertz CT molecular complexity index is 900. The number of benzene rings is 1. The van der Waals surface area contributed by atoms with E-state index in [-0.39, 0.29) is 5.91 Å². The molecule has 4 rings (SSSR count). The van der Waals surface area contributed by atoms with Gasteiger partial charge in [-0.15, -0.1) is 0 Å². The Morgan fingerprint density at radius 3 is 2.52 bits per heavy atom. The van der Waals surface area contributed by atoms with Crippen LogP contribution in [0, 0.1) is 0 Å². The molecule has 0 spiro atoms. The number of nitrogens with one attached hydrogen (secondary N) is 1. The number of pyridine rings is 1. The number of carbonyl (C=O) groups is 1. The Labute approximate surface area is 157 Å². The van der Waals surface area contributed by atoms with Crippen molar-refractivity contribution in [2.45, 2.75) is 0 Å². The van der Waals surface area contributed by atoms with Gasteiger partial charge in [0.05, 0.1) is 12.8 Å². The molecule has 1 aliphatic rings. The van der Waals surface area contributed by atoms with Gasteiger partial charge >= 0.3 is 0 Å². The molecule has 7 nitrogen and oxygen atoms in total. The van der Waals surface area contributed by atoms with Gasteiger partial charge in [0.25, 0.3) is 5.91 Å². The Kier molecular flexibility index (Phi) is 4.74. The first-order chi connectivity index (χ1) is 13.2. The third kappa shape index (κ3) is 3.62. The first kappa shape index (κ1) is 17.1. The van der Waals surface area contributed by atoms with E-state index >= 15 is 0 Å². The molecule has 27 heavy (non-hydrogen) atoms. The van der Waals surface area contributed by atoms with E-state index in [4.69, 9.17) is 4.74 Å². The van der Waals surface area contributed by atoms with E-state index in [2.05, 4.69) is 20.1 Å².